The first kappa shape index (κ1) is 44.3. The summed E-state index contributed by atoms with van der Waals surface area (Å²) < 4.78 is 58.8. The van der Waals surface area contributed by atoms with Crippen LogP contribution in [-0.2, 0) is 31.1 Å². The fourth-order valence-electron chi connectivity index (χ4n) is 8.95. The number of pyridine rings is 1. The maximum atomic E-state index is 15.6. The molecule has 2 aromatic heterocycles. The number of amides is 5. The largest absolute Gasteiger partial charge is 0.382 e. The van der Waals surface area contributed by atoms with E-state index < -0.39 is 68.5 Å². The third-order valence-electron chi connectivity index (χ3n) is 12.9. The van der Waals surface area contributed by atoms with Crippen molar-refractivity contribution in [1.82, 2.24) is 34.3 Å². The predicted molar refractivity (Wildman–Crippen MR) is 237 cm³/mol. The number of hydrogen-bond donors (Lipinski definition) is 4. The maximum Gasteiger partial charge on any atom is 0.301 e. The summed E-state index contributed by atoms with van der Waals surface area (Å²) in [7, 11) is -2.86. The monoisotopic (exact) mass is 921 g/mol. The van der Waals surface area contributed by atoms with E-state index in [-0.39, 0.29) is 53.9 Å². The number of hydrogen-bond acceptors (Lipinski definition) is 11. The van der Waals surface area contributed by atoms with Crippen molar-refractivity contribution < 1.29 is 46.0 Å². The van der Waals surface area contributed by atoms with E-state index in [0.29, 0.717) is 67.8 Å². The summed E-state index contributed by atoms with van der Waals surface area (Å²) in [6.07, 6.45) is 4.16. The van der Waals surface area contributed by atoms with Crippen molar-refractivity contribution in [2.45, 2.75) is 51.2 Å². The minimum absolute atomic E-state index is 0.0329. The van der Waals surface area contributed by atoms with Crippen molar-refractivity contribution >= 4 is 67.9 Å². The Bertz CT molecular complexity index is 2950. The van der Waals surface area contributed by atoms with Crippen LogP contribution in [0.5, 0.6) is 0 Å². The molecule has 17 nitrogen and oxygen atoms in total. The summed E-state index contributed by atoms with van der Waals surface area (Å²) in [6, 6.07) is 15.0. The van der Waals surface area contributed by atoms with Crippen molar-refractivity contribution in [1.29, 1.82) is 0 Å². The number of ketones is 1. The van der Waals surface area contributed by atoms with Crippen LogP contribution >= 0.6 is 0 Å². The Morgan fingerprint density at radius 2 is 1.67 bits per heavy atom. The van der Waals surface area contributed by atoms with Crippen LogP contribution in [0.4, 0.5) is 20.2 Å². The first-order valence-corrected chi connectivity index (χ1v) is 23.0. The number of nitrogens with zero attached hydrogens (tertiary/aromatic N) is 5. The van der Waals surface area contributed by atoms with Gasteiger partial charge in [-0.1, -0.05) is 37.3 Å². The van der Waals surface area contributed by atoms with Gasteiger partial charge < -0.3 is 15.2 Å². The number of fused-ring (bicyclic) bond motifs is 2. The van der Waals surface area contributed by atoms with Crippen LogP contribution in [0.3, 0.4) is 0 Å². The lowest BCUT2D eigenvalue weighted by atomic mass is 9.79. The van der Waals surface area contributed by atoms with Gasteiger partial charge in [-0.05, 0) is 60.7 Å². The summed E-state index contributed by atoms with van der Waals surface area (Å²) in [5, 5.41) is 5.88. The van der Waals surface area contributed by atoms with Crippen LogP contribution in [-0.4, -0.2) is 125 Å². The lowest BCUT2D eigenvalue weighted by Crippen LogP contribution is -2.54. The molecule has 3 fully saturated rings. The number of piperazine rings is 1. The van der Waals surface area contributed by atoms with E-state index in [4.69, 9.17) is 0 Å². The first-order chi connectivity index (χ1) is 31.6. The molecule has 1 aliphatic carbocycles. The number of halogens is 2. The zero-order valence-electron chi connectivity index (χ0n) is 35.9. The number of carbonyl (C=O) groups is 6. The third kappa shape index (κ3) is 8.19. The molecule has 1 saturated carbocycles. The third-order valence-corrected chi connectivity index (χ3v) is 14.4. The van der Waals surface area contributed by atoms with Crippen LogP contribution in [0, 0.1) is 17.6 Å². The second-order valence-electron chi connectivity index (χ2n) is 16.9. The van der Waals surface area contributed by atoms with E-state index in [2.05, 4.69) is 30.2 Å². The number of H-pyrrole nitrogens is 1. The minimum Gasteiger partial charge on any atom is -0.382 e. The smallest absolute Gasteiger partial charge is 0.301 e. The number of nitrogens with one attached hydrogen (secondary N) is 4. The normalized spacial score (nSPS) is 20.1. The molecule has 0 radical (unpaired) electrons. The van der Waals surface area contributed by atoms with Crippen LogP contribution in [0.2, 0.25) is 0 Å². The van der Waals surface area contributed by atoms with Gasteiger partial charge in [0.1, 0.15) is 17.5 Å². The molecular formula is C46H45F2N9O8S. The highest BCUT2D eigenvalue weighted by atomic mass is 32.2. The fourth-order valence-corrected chi connectivity index (χ4v) is 9.88. The van der Waals surface area contributed by atoms with E-state index in [1.54, 1.807) is 37.4 Å². The Kier molecular flexibility index (Phi) is 11.7. The standard InChI is InChI=1S/C46H45F2N9O8S/c1-3-54(2)66(64,65)53-35-12-11-33(47)39(40(35)48)41(59)32-23-50-42-31(32)21-28(22-49-42)26-9-7-25(8-10-26)24-55-15-17-56(18-16-55)44(61)27-19-29(20-27)51-34-6-4-5-30-38(34)46(63)57(45(30)62)36-13-14-37(58)52-43(36)60/h4-12,21-23,27,29,36,51,53H,3,13-20,24H2,1-2H3,(H,49,50)(H,52,58,60)/t27-,29-,36?. The van der Waals surface area contributed by atoms with E-state index in [1.165, 1.54) is 13.2 Å². The molecule has 20 heteroatoms. The maximum absolute atomic E-state index is 15.6. The van der Waals surface area contributed by atoms with Crippen molar-refractivity contribution in [3.8, 4) is 11.1 Å². The summed E-state index contributed by atoms with van der Waals surface area (Å²) in [5.74, 6) is -5.85. The van der Waals surface area contributed by atoms with Crippen molar-refractivity contribution in [2.24, 2.45) is 5.92 Å². The molecule has 9 rings (SSSR count). The number of piperidine rings is 1. The molecule has 5 aromatic rings. The first-order valence-electron chi connectivity index (χ1n) is 21.6. The predicted octanol–water partition coefficient (Wildman–Crippen LogP) is 4.28. The SMILES string of the molecule is CCN(C)S(=O)(=O)Nc1ccc(F)c(C(=O)c2c[nH]c3ncc(-c4ccc(CN5CCN(C(=O)[C@H]6C[C@H](Nc7cccc8c7C(=O)N(C7CCC(=O)NC7=O)C8=O)C6)CC5)cc4)cc23)c1F. The summed E-state index contributed by atoms with van der Waals surface area (Å²) in [6.45, 7) is 4.82. The Morgan fingerprint density at radius 3 is 2.38 bits per heavy atom. The van der Waals surface area contributed by atoms with Gasteiger partial charge in [-0.3, -0.25) is 48.6 Å². The zero-order valence-corrected chi connectivity index (χ0v) is 36.7. The Balaban J connectivity index is 0.781. The number of rotatable bonds is 13. The number of aromatic amines is 1. The summed E-state index contributed by atoms with van der Waals surface area (Å²) in [4.78, 5) is 90.5. The van der Waals surface area contributed by atoms with Gasteiger partial charge in [0.05, 0.1) is 22.4 Å². The summed E-state index contributed by atoms with van der Waals surface area (Å²) in [5.41, 5.74) is 2.14. The molecule has 2 saturated heterocycles. The van der Waals surface area contributed by atoms with Gasteiger partial charge in [0.25, 0.3) is 11.8 Å². The van der Waals surface area contributed by atoms with E-state index in [0.717, 1.165) is 32.5 Å². The molecule has 4 aliphatic rings. The van der Waals surface area contributed by atoms with Crippen molar-refractivity contribution in [3.63, 3.8) is 0 Å². The second kappa shape index (κ2) is 17.5. The highest BCUT2D eigenvalue weighted by molar-refractivity contribution is 7.90. The van der Waals surface area contributed by atoms with E-state index in [1.807, 2.05) is 29.2 Å². The van der Waals surface area contributed by atoms with Gasteiger partial charge in [-0.2, -0.15) is 12.7 Å². The highest BCUT2D eigenvalue weighted by Gasteiger charge is 2.46. The lowest BCUT2D eigenvalue weighted by molar-refractivity contribution is -0.140. The van der Waals surface area contributed by atoms with Gasteiger partial charge in [0.2, 0.25) is 23.5 Å². The number of imide groups is 2. The van der Waals surface area contributed by atoms with Crippen molar-refractivity contribution in [2.75, 3.05) is 49.8 Å². The van der Waals surface area contributed by atoms with Gasteiger partial charge >= 0.3 is 10.2 Å². The van der Waals surface area contributed by atoms with Crippen LogP contribution in [0.1, 0.15) is 74.8 Å². The van der Waals surface area contributed by atoms with Crippen LogP contribution in [0.25, 0.3) is 22.2 Å². The molecular weight excluding hydrogens is 877 g/mol. The van der Waals surface area contributed by atoms with Gasteiger partial charge in [-0.25, -0.2) is 13.8 Å². The molecule has 1 unspecified atom stereocenters. The van der Waals surface area contributed by atoms with Gasteiger partial charge in [0.15, 0.2) is 5.82 Å². The second-order valence-corrected chi connectivity index (χ2v) is 18.7. The highest BCUT2D eigenvalue weighted by Crippen LogP contribution is 2.37. The number of carbonyl (C=O) groups excluding carboxylic acids is 6. The van der Waals surface area contributed by atoms with Crippen LogP contribution < -0.4 is 15.4 Å². The van der Waals surface area contributed by atoms with Gasteiger partial charge in [-0.15, -0.1) is 0 Å². The molecule has 0 bridgehead atoms. The quantitative estimate of drug-likeness (QED) is 0.0967. The van der Waals surface area contributed by atoms with Crippen LogP contribution in [0.15, 0.2) is 73.1 Å². The molecule has 66 heavy (non-hydrogen) atoms. The molecule has 5 amide bonds. The van der Waals surface area contributed by atoms with Crippen molar-refractivity contribution in [3.05, 3.63) is 113 Å². The molecule has 3 aromatic carbocycles. The van der Waals surface area contributed by atoms with E-state index >= 15 is 8.78 Å². The Labute approximate surface area is 377 Å². The molecule has 4 N–H and O–H groups in total. The summed E-state index contributed by atoms with van der Waals surface area (Å²) >= 11 is 0. The topological polar surface area (TPSA) is 214 Å². The average molecular weight is 922 g/mol. The molecule has 1 atom stereocenters. The number of anilines is 2. The van der Waals surface area contributed by atoms with E-state index in [9.17, 15) is 37.2 Å². The lowest BCUT2D eigenvalue weighted by Gasteiger charge is -2.41. The molecule has 5 heterocycles. The fraction of sp³-hybridized carbons (Fsp3) is 0.326. The number of aromatic nitrogens is 2. The number of benzene rings is 3. The molecule has 0 spiro atoms. The van der Waals surface area contributed by atoms with Gasteiger partial charge in [0, 0.05) is 99.3 Å². The minimum atomic E-state index is -4.15. The zero-order chi connectivity index (χ0) is 46.6. The molecule has 342 valence electrons. The molecule has 3 aliphatic heterocycles. The Morgan fingerprint density at radius 1 is 0.924 bits per heavy atom. The average Bonchev–Trinajstić information content (AvgIpc) is 3.83. The Hall–Kier alpha value is -6.90.